The van der Waals surface area contributed by atoms with Gasteiger partial charge in [0, 0.05) is 5.56 Å². The third kappa shape index (κ3) is 4.35. The highest BCUT2D eigenvalue weighted by Crippen LogP contribution is 2.30. The Kier molecular flexibility index (Phi) is 5.02. The van der Waals surface area contributed by atoms with E-state index in [9.17, 15) is 4.79 Å². The Morgan fingerprint density at radius 1 is 1.00 bits per heavy atom. The number of esters is 1. The Morgan fingerprint density at radius 2 is 1.72 bits per heavy atom. The van der Waals surface area contributed by atoms with Crippen LogP contribution in [0.1, 0.15) is 18.1 Å². The van der Waals surface area contributed by atoms with Crippen LogP contribution in [-0.2, 0) is 16.1 Å². The van der Waals surface area contributed by atoms with E-state index in [1.165, 1.54) is 7.11 Å². The molecule has 0 radical (unpaired) electrons. The molecule has 5 nitrogen and oxygen atoms in total. The van der Waals surface area contributed by atoms with E-state index in [4.69, 9.17) is 15.6 Å². The van der Waals surface area contributed by atoms with E-state index in [-0.39, 0.29) is 17.6 Å². The van der Waals surface area contributed by atoms with E-state index in [1.807, 2.05) is 48.5 Å². The molecule has 1 aliphatic rings. The van der Waals surface area contributed by atoms with Crippen LogP contribution in [0.5, 0.6) is 11.5 Å². The van der Waals surface area contributed by atoms with Crippen LogP contribution in [0, 0.1) is 0 Å². The van der Waals surface area contributed by atoms with Crippen LogP contribution >= 0.6 is 0 Å². The highest BCUT2D eigenvalue weighted by atomic mass is 16.6. The van der Waals surface area contributed by atoms with E-state index in [1.54, 1.807) is 30.3 Å². The molecule has 0 aromatic heterocycles. The van der Waals surface area contributed by atoms with Crippen LogP contribution in [0.15, 0.2) is 89.6 Å². The van der Waals surface area contributed by atoms with Gasteiger partial charge in [-0.25, -0.2) is 9.79 Å². The summed E-state index contributed by atoms with van der Waals surface area (Å²) in [5.74, 6) is 0.551. The van der Waals surface area contributed by atoms with Crippen LogP contribution < -0.4 is 9.47 Å². The van der Waals surface area contributed by atoms with Gasteiger partial charge in [-0.05, 0) is 41.4 Å². The normalized spacial score (nSPS) is 15.3. The third-order valence-electron chi connectivity index (χ3n) is 4.28. The molecule has 5 heteroatoms. The van der Waals surface area contributed by atoms with E-state index >= 15 is 0 Å². The Bertz CT molecular complexity index is 1120. The first-order chi connectivity index (χ1) is 14.7. The van der Waals surface area contributed by atoms with Crippen molar-refractivity contribution >= 4 is 17.9 Å². The quantitative estimate of drug-likeness (QED) is 0.457. The van der Waals surface area contributed by atoms with Gasteiger partial charge in [0.05, 0.1) is 8.48 Å². The summed E-state index contributed by atoms with van der Waals surface area (Å²) in [6, 6.07) is 23.9. The number of rotatable bonds is 6. The minimum atomic E-state index is -0.651. The number of nitrogens with zero attached hydrogens (tertiary/aromatic N) is 1. The lowest BCUT2D eigenvalue weighted by molar-refractivity contribution is -0.129. The van der Waals surface area contributed by atoms with Gasteiger partial charge in [0.2, 0.25) is 5.90 Å². The van der Waals surface area contributed by atoms with Crippen LogP contribution in [0.4, 0.5) is 0 Å². The molecule has 1 heterocycles. The lowest BCUT2D eigenvalue weighted by atomic mass is 10.1. The van der Waals surface area contributed by atoms with E-state index in [0.29, 0.717) is 29.2 Å². The van der Waals surface area contributed by atoms with Crippen molar-refractivity contribution in [2.75, 3.05) is 7.11 Å². The summed E-state index contributed by atoms with van der Waals surface area (Å²) < 4.78 is 25.0. The molecule has 3 aromatic rings. The largest absolute Gasteiger partial charge is 0.493 e. The maximum Gasteiger partial charge on any atom is 0.363 e. The smallest absolute Gasteiger partial charge is 0.363 e. The van der Waals surface area contributed by atoms with Crippen LogP contribution in [0.3, 0.4) is 0 Å². The average Bonchev–Trinajstić information content (AvgIpc) is 3.20. The lowest BCUT2D eigenvalue weighted by Crippen LogP contribution is -2.04. The molecule has 0 N–H and O–H groups in total. The van der Waals surface area contributed by atoms with Gasteiger partial charge in [0.25, 0.3) is 0 Å². The molecule has 0 bridgehead atoms. The van der Waals surface area contributed by atoms with Crippen LogP contribution in [0.25, 0.3) is 6.05 Å². The SMILES string of the molecule is [3H]/C(=C1/N=C(c2ccccc2)OC1=O)c1ccc(OCc2ccccc2)c(OC)c1. The summed E-state index contributed by atoms with van der Waals surface area (Å²) in [6.07, 6.45) is 0. The molecule has 3 aromatic carbocycles. The van der Waals surface area contributed by atoms with Gasteiger partial charge in [-0.3, -0.25) is 0 Å². The zero-order valence-corrected chi connectivity index (χ0v) is 15.8. The van der Waals surface area contributed by atoms with E-state index < -0.39 is 5.97 Å². The molecule has 0 fully saturated rings. The number of methoxy groups -OCH3 is 1. The van der Waals surface area contributed by atoms with Gasteiger partial charge in [0.15, 0.2) is 17.2 Å². The van der Waals surface area contributed by atoms with Gasteiger partial charge < -0.3 is 14.2 Å². The number of hydrogen-bond acceptors (Lipinski definition) is 5. The Morgan fingerprint density at radius 3 is 2.45 bits per heavy atom. The van der Waals surface area contributed by atoms with Crippen molar-refractivity contribution in [2.24, 2.45) is 4.99 Å². The van der Waals surface area contributed by atoms with E-state index in [0.717, 1.165) is 5.56 Å². The lowest BCUT2D eigenvalue weighted by Gasteiger charge is -2.11. The second-order valence-corrected chi connectivity index (χ2v) is 6.29. The Hall–Kier alpha value is -3.86. The molecule has 0 aliphatic carbocycles. The van der Waals surface area contributed by atoms with Crippen molar-refractivity contribution in [3.8, 4) is 11.5 Å². The summed E-state index contributed by atoms with van der Waals surface area (Å²) in [5.41, 5.74) is 2.14. The predicted octanol–water partition coefficient (Wildman–Crippen LogP) is 4.62. The monoisotopic (exact) mass is 387 g/mol. The molecule has 29 heavy (non-hydrogen) atoms. The first-order valence-corrected chi connectivity index (χ1v) is 9.08. The van der Waals surface area contributed by atoms with Gasteiger partial charge in [-0.2, -0.15) is 0 Å². The van der Waals surface area contributed by atoms with Crippen molar-refractivity contribution in [3.63, 3.8) is 0 Å². The maximum absolute atomic E-state index is 12.3. The zero-order valence-electron chi connectivity index (χ0n) is 16.8. The molecule has 4 rings (SSSR count). The highest BCUT2D eigenvalue weighted by Gasteiger charge is 2.24. The second kappa shape index (κ2) is 8.44. The Balaban J connectivity index is 1.60. The minimum Gasteiger partial charge on any atom is -0.493 e. The summed E-state index contributed by atoms with van der Waals surface area (Å²) in [4.78, 5) is 16.5. The van der Waals surface area contributed by atoms with Gasteiger partial charge >= 0.3 is 5.97 Å². The van der Waals surface area contributed by atoms with Crippen LogP contribution in [-0.4, -0.2) is 19.0 Å². The molecule has 0 unspecified atom stereocenters. The summed E-state index contributed by atoms with van der Waals surface area (Å²) in [6.45, 7) is 0.391. The number of benzene rings is 3. The molecule has 0 amide bonds. The number of ether oxygens (including phenoxy) is 3. The fourth-order valence-electron chi connectivity index (χ4n) is 2.83. The molecule has 0 saturated carbocycles. The zero-order chi connectivity index (χ0) is 20.9. The number of carbonyl (C=O) groups excluding carboxylic acids is 1. The number of carbonyl (C=O) groups is 1. The number of aliphatic imine (C=N–C) groups is 1. The standard InChI is InChI=1S/C24H19NO4/c1-27-22-15-18(12-13-21(22)28-16-17-8-4-2-5-9-17)14-20-24(26)29-23(25-20)19-10-6-3-7-11-19/h2-15H,16H2,1H3/b20-14-/i14T. The van der Waals surface area contributed by atoms with Crippen molar-refractivity contribution in [3.05, 3.63) is 101 Å². The number of hydrogen-bond donors (Lipinski definition) is 0. The summed E-state index contributed by atoms with van der Waals surface area (Å²) >= 11 is 0. The number of cyclic esters (lactones) is 1. The van der Waals surface area contributed by atoms with Gasteiger partial charge in [-0.1, -0.05) is 54.6 Å². The molecule has 0 saturated heterocycles. The first-order valence-electron chi connectivity index (χ1n) is 9.58. The fraction of sp³-hybridized carbons (Fsp3) is 0.0833. The van der Waals surface area contributed by atoms with Crippen molar-refractivity contribution < 1.29 is 20.4 Å². The minimum absolute atomic E-state index is 0.0427. The molecule has 0 spiro atoms. The molecule has 144 valence electrons. The molecular formula is C24H19NO4. The van der Waals surface area contributed by atoms with Crippen molar-refractivity contribution in [2.45, 2.75) is 6.61 Å². The Labute approximate surface area is 170 Å². The molecule has 0 atom stereocenters. The fourth-order valence-corrected chi connectivity index (χ4v) is 2.83. The predicted molar refractivity (Wildman–Crippen MR) is 111 cm³/mol. The first kappa shape index (κ1) is 17.3. The summed E-state index contributed by atoms with van der Waals surface area (Å²) in [7, 11) is 1.53. The van der Waals surface area contributed by atoms with Crippen LogP contribution in [0.2, 0.25) is 0 Å². The van der Waals surface area contributed by atoms with Gasteiger partial charge in [-0.15, -0.1) is 0 Å². The molecular weight excluding hydrogens is 366 g/mol. The summed E-state index contributed by atoms with van der Waals surface area (Å²) in [5, 5.41) is 0. The maximum atomic E-state index is 12.3. The van der Waals surface area contributed by atoms with E-state index in [2.05, 4.69) is 4.99 Å². The topological polar surface area (TPSA) is 57.1 Å². The van der Waals surface area contributed by atoms with Crippen molar-refractivity contribution in [1.29, 1.82) is 0 Å². The second-order valence-electron chi connectivity index (χ2n) is 6.29. The van der Waals surface area contributed by atoms with Gasteiger partial charge in [0.1, 0.15) is 6.61 Å². The molecule has 1 aliphatic heterocycles. The highest BCUT2D eigenvalue weighted by molar-refractivity contribution is 6.12. The van der Waals surface area contributed by atoms with Crippen molar-refractivity contribution in [1.82, 2.24) is 0 Å². The average molecular weight is 387 g/mol. The third-order valence-corrected chi connectivity index (χ3v) is 4.28.